The van der Waals surface area contributed by atoms with Gasteiger partial charge in [-0.15, -0.1) is 0 Å². The van der Waals surface area contributed by atoms with E-state index in [0.717, 1.165) is 10.5 Å². The zero-order valence-electron chi connectivity index (χ0n) is 11.5. The molecule has 0 spiro atoms. The first kappa shape index (κ1) is 16.5. The van der Waals surface area contributed by atoms with Crippen LogP contribution >= 0.6 is 0 Å². The molecule has 0 aliphatic rings. The van der Waals surface area contributed by atoms with Crippen LogP contribution in [-0.2, 0) is 16.1 Å². The van der Waals surface area contributed by atoms with E-state index in [4.69, 9.17) is 4.74 Å². The fourth-order valence-corrected chi connectivity index (χ4v) is 1.58. The monoisotopic (exact) mass is 289 g/mol. The van der Waals surface area contributed by atoms with Gasteiger partial charge in [-0.2, -0.15) is 13.2 Å². The third-order valence-electron chi connectivity index (χ3n) is 2.80. The summed E-state index contributed by atoms with van der Waals surface area (Å²) in [4.78, 5) is 12.9. The van der Waals surface area contributed by atoms with Crippen molar-refractivity contribution < 1.29 is 22.7 Å². The fraction of sp³-hybridized carbons (Fsp3) is 0.500. The number of benzene rings is 1. The molecule has 0 radical (unpaired) electrons. The van der Waals surface area contributed by atoms with Crippen LogP contribution in [0.15, 0.2) is 30.3 Å². The normalized spacial score (nSPS) is 13.1. The molecule has 0 saturated carbocycles. The molecule has 0 aliphatic heterocycles. The summed E-state index contributed by atoms with van der Waals surface area (Å²) < 4.78 is 41.6. The summed E-state index contributed by atoms with van der Waals surface area (Å²) in [5.41, 5.74) is 0.907. The summed E-state index contributed by atoms with van der Waals surface area (Å²) in [6, 6.07) is 9.26. The average molecular weight is 289 g/mol. The molecule has 0 aliphatic carbocycles. The van der Waals surface area contributed by atoms with E-state index in [2.05, 4.69) is 0 Å². The molecule has 0 saturated heterocycles. The molecule has 0 aromatic heterocycles. The Morgan fingerprint density at radius 1 is 1.30 bits per heavy atom. The van der Waals surface area contributed by atoms with Gasteiger partial charge in [0.2, 0.25) is 0 Å². The molecule has 1 amide bonds. The number of hydrogen-bond donors (Lipinski definition) is 0. The van der Waals surface area contributed by atoms with E-state index in [9.17, 15) is 18.0 Å². The lowest BCUT2D eigenvalue weighted by Gasteiger charge is -2.22. The van der Waals surface area contributed by atoms with E-state index in [1.165, 1.54) is 14.0 Å². The molecule has 1 aromatic carbocycles. The van der Waals surface area contributed by atoms with Crippen molar-refractivity contribution in [2.45, 2.75) is 32.2 Å². The Bertz CT molecular complexity index is 420. The Morgan fingerprint density at radius 3 is 2.45 bits per heavy atom. The lowest BCUT2D eigenvalue weighted by Crippen LogP contribution is -2.38. The van der Waals surface area contributed by atoms with Gasteiger partial charge in [0.15, 0.2) is 0 Å². The van der Waals surface area contributed by atoms with Gasteiger partial charge in [0, 0.05) is 13.6 Å². The average Bonchev–Trinajstić information content (AvgIpc) is 2.41. The number of likely N-dealkylation sites (N-methyl/N-ethyl adjacent to an activating group) is 1. The Labute approximate surface area is 116 Å². The molecule has 1 rings (SSSR count). The van der Waals surface area contributed by atoms with Crippen LogP contribution in [0.25, 0.3) is 0 Å². The van der Waals surface area contributed by atoms with Crippen molar-refractivity contribution in [1.29, 1.82) is 0 Å². The van der Waals surface area contributed by atoms with Gasteiger partial charge < -0.3 is 9.64 Å². The third-order valence-corrected chi connectivity index (χ3v) is 2.80. The first-order valence-corrected chi connectivity index (χ1v) is 6.27. The van der Waals surface area contributed by atoms with E-state index in [-0.39, 0.29) is 13.2 Å². The Kier molecular flexibility index (Phi) is 6.01. The first-order chi connectivity index (χ1) is 9.29. The molecule has 112 valence electrons. The van der Waals surface area contributed by atoms with E-state index >= 15 is 0 Å². The number of ether oxygens (including phenoxy) is 1. The topological polar surface area (TPSA) is 29.5 Å². The summed E-state index contributed by atoms with van der Waals surface area (Å²) >= 11 is 0. The molecule has 0 N–H and O–H groups in total. The summed E-state index contributed by atoms with van der Waals surface area (Å²) in [6.07, 6.45) is -6.04. The maximum absolute atomic E-state index is 12.1. The van der Waals surface area contributed by atoms with Crippen molar-refractivity contribution in [2.24, 2.45) is 0 Å². The second-order valence-corrected chi connectivity index (χ2v) is 4.56. The summed E-state index contributed by atoms with van der Waals surface area (Å²) in [6.45, 7) is 1.43. The van der Waals surface area contributed by atoms with Crippen LogP contribution in [0.4, 0.5) is 13.2 Å². The minimum atomic E-state index is -4.26. The van der Waals surface area contributed by atoms with Gasteiger partial charge in [-0.05, 0) is 12.5 Å². The minimum absolute atomic E-state index is 0.251. The third kappa shape index (κ3) is 6.06. The van der Waals surface area contributed by atoms with Crippen LogP contribution in [-0.4, -0.2) is 36.7 Å². The van der Waals surface area contributed by atoms with E-state index in [1.54, 1.807) is 0 Å². The summed E-state index contributed by atoms with van der Waals surface area (Å²) in [5.74, 6) is -0.454. The maximum Gasteiger partial charge on any atom is 0.390 e. The predicted octanol–water partition coefficient (Wildman–Crippen LogP) is 3.00. The first-order valence-electron chi connectivity index (χ1n) is 6.27. The molecule has 0 fully saturated rings. The van der Waals surface area contributed by atoms with Crippen LogP contribution in [0.5, 0.6) is 0 Å². The van der Waals surface area contributed by atoms with Gasteiger partial charge in [0.1, 0.15) is 6.10 Å². The molecule has 1 atom stereocenters. The number of hydrogen-bond acceptors (Lipinski definition) is 2. The fourth-order valence-electron chi connectivity index (χ4n) is 1.58. The number of halogens is 3. The quantitative estimate of drug-likeness (QED) is 0.805. The minimum Gasteiger partial charge on any atom is -0.364 e. The van der Waals surface area contributed by atoms with Gasteiger partial charge in [0.25, 0.3) is 5.91 Å². The molecule has 20 heavy (non-hydrogen) atoms. The lowest BCUT2D eigenvalue weighted by molar-refractivity contribution is -0.150. The van der Waals surface area contributed by atoms with Gasteiger partial charge in [-0.1, -0.05) is 30.3 Å². The lowest BCUT2D eigenvalue weighted by atomic mass is 10.2. The van der Waals surface area contributed by atoms with Gasteiger partial charge >= 0.3 is 6.18 Å². The number of carbonyl (C=O) groups is 1. The molecule has 0 bridgehead atoms. The second-order valence-electron chi connectivity index (χ2n) is 4.56. The molecule has 1 aromatic rings. The number of alkyl halides is 3. The van der Waals surface area contributed by atoms with Crippen LogP contribution in [0, 0.1) is 0 Å². The highest BCUT2D eigenvalue weighted by molar-refractivity contribution is 5.80. The zero-order chi connectivity index (χ0) is 15.2. The molecule has 0 heterocycles. The predicted molar refractivity (Wildman–Crippen MR) is 69.0 cm³/mol. The van der Waals surface area contributed by atoms with Crippen molar-refractivity contribution in [2.75, 3.05) is 13.6 Å². The van der Waals surface area contributed by atoms with Crippen LogP contribution < -0.4 is 0 Å². The van der Waals surface area contributed by atoms with E-state index in [1.807, 2.05) is 30.3 Å². The molecule has 0 unspecified atom stereocenters. The van der Waals surface area contributed by atoms with Crippen molar-refractivity contribution in [3.63, 3.8) is 0 Å². The van der Waals surface area contributed by atoms with Crippen LogP contribution in [0.2, 0.25) is 0 Å². The zero-order valence-corrected chi connectivity index (χ0v) is 11.5. The van der Waals surface area contributed by atoms with Gasteiger partial charge in [0.05, 0.1) is 13.0 Å². The highest BCUT2D eigenvalue weighted by Gasteiger charge is 2.29. The standard InChI is InChI=1S/C14H18F3NO2/c1-11(20-10-12-6-4-3-5-7-12)13(19)18(2)9-8-14(15,16)17/h3-7,11H,8-10H2,1-2H3/t11-/m1/s1. The molecule has 6 heteroatoms. The van der Waals surface area contributed by atoms with Crippen molar-refractivity contribution in [3.05, 3.63) is 35.9 Å². The largest absolute Gasteiger partial charge is 0.390 e. The van der Waals surface area contributed by atoms with E-state index in [0.29, 0.717) is 0 Å². The highest BCUT2D eigenvalue weighted by Crippen LogP contribution is 2.19. The Hall–Kier alpha value is -1.56. The van der Waals surface area contributed by atoms with Gasteiger partial charge in [-0.3, -0.25) is 4.79 Å². The van der Waals surface area contributed by atoms with Gasteiger partial charge in [-0.25, -0.2) is 0 Å². The van der Waals surface area contributed by atoms with Crippen LogP contribution in [0.3, 0.4) is 0 Å². The summed E-state index contributed by atoms with van der Waals surface area (Å²) in [7, 11) is 1.34. The van der Waals surface area contributed by atoms with Crippen LogP contribution in [0.1, 0.15) is 18.9 Å². The summed E-state index contributed by atoms with van der Waals surface area (Å²) in [5, 5.41) is 0. The smallest absolute Gasteiger partial charge is 0.364 e. The van der Waals surface area contributed by atoms with E-state index < -0.39 is 24.6 Å². The number of carbonyl (C=O) groups excluding carboxylic acids is 1. The number of nitrogens with zero attached hydrogens (tertiary/aromatic N) is 1. The van der Waals surface area contributed by atoms with Crippen molar-refractivity contribution in [3.8, 4) is 0 Å². The molecular weight excluding hydrogens is 271 g/mol. The second kappa shape index (κ2) is 7.28. The Morgan fingerprint density at radius 2 is 1.90 bits per heavy atom. The number of rotatable bonds is 6. The SMILES string of the molecule is C[C@@H](OCc1ccccc1)C(=O)N(C)CCC(F)(F)F. The Balaban J connectivity index is 2.38. The van der Waals surface area contributed by atoms with Crippen molar-refractivity contribution in [1.82, 2.24) is 4.90 Å². The van der Waals surface area contributed by atoms with Crippen molar-refractivity contribution >= 4 is 5.91 Å². The maximum atomic E-state index is 12.1. The molecule has 3 nitrogen and oxygen atoms in total. The highest BCUT2D eigenvalue weighted by atomic mass is 19.4. The molecular formula is C14H18F3NO2. The number of amides is 1.